The van der Waals surface area contributed by atoms with Gasteiger partial charge in [-0.15, -0.1) is 0 Å². The third kappa shape index (κ3) is 4.62. The van der Waals surface area contributed by atoms with Crippen molar-refractivity contribution < 1.29 is 14.6 Å². The average Bonchev–Trinajstić information content (AvgIpc) is 2.94. The molecule has 0 bridgehead atoms. The van der Waals surface area contributed by atoms with Crippen LogP contribution in [0.15, 0.2) is 69.8 Å². The number of thioether (sulfide) groups is 1. The molecule has 0 aromatic heterocycles. The van der Waals surface area contributed by atoms with Gasteiger partial charge in [0, 0.05) is 5.02 Å². The smallest absolute Gasteiger partial charge is 0.344 e. The summed E-state index contributed by atoms with van der Waals surface area (Å²) < 4.78 is 5.10. The van der Waals surface area contributed by atoms with Gasteiger partial charge in [-0.2, -0.15) is 0 Å². The Morgan fingerprint density at radius 2 is 1.85 bits per heavy atom. The van der Waals surface area contributed by atoms with Crippen molar-refractivity contribution in [2.45, 2.75) is 13.8 Å². The molecule has 2 aromatic rings. The number of esters is 1. The topological polar surface area (TPSA) is 58.9 Å². The van der Waals surface area contributed by atoms with Crippen molar-refractivity contribution in [2.75, 3.05) is 6.61 Å². The zero-order valence-electron chi connectivity index (χ0n) is 14.9. The van der Waals surface area contributed by atoms with Gasteiger partial charge in [0.05, 0.1) is 17.2 Å². The molecule has 0 saturated heterocycles. The summed E-state index contributed by atoms with van der Waals surface area (Å²) in [5, 5.41) is 11.7. The third-order valence-electron chi connectivity index (χ3n) is 3.80. The molecule has 1 aliphatic heterocycles. The van der Waals surface area contributed by atoms with Crippen LogP contribution in [0, 0.1) is 6.92 Å². The number of carbonyl (C=O) groups excluding carboxylic acids is 1. The van der Waals surface area contributed by atoms with Gasteiger partial charge in [-0.1, -0.05) is 53.2 Å². The highest BCUT2D eigenvalue weighted by Crippen LogP contribution is 2.40. The molecular weight excluding hydrogens is 382 g/mol. The van der Waals surface area contributed by atoms with E-state index in [1.807, 2.05) is 43.3 Å². The van der Waals surface area contributed by atoms with Crippen molar-refractivity contribution in [1.29, 1.82) is 0 Å². The van der Waals surface area contributed by atoms with Crippen LogP contribution in [0.3, 0.4) is 0 Å². The summed E-state index contributed by atoms with van der Waals surface area (Å²) in [6.45, 7) is 3.93. The molecule has 27 heavy (non-hydrogen) atoms. The predicted molar refractivity (Wildman–Crippen MR) is 112 cm³/mol. The molecule has 0 radical (unpaired) electrons. The molecular formula is C21H18ClNO3S. The van der Waals surface area contributed by atoms with Crippen LogP contribution in [-0.2, 0) is 9.53 Å². The molecule has 0 unspecified atom stereocenters. The van der Waals surface area contributed by atoms with Gasteiger partial charge in [0.1, 0.15) is 16.4 Å². The van der Waals surface area contributed by atoms with Gasteiger partial charge >= 0.3 is 5.97 Å². The molecule has 1 N–H and O–H groups in total. The SMILES string of the molecule is CCOC(=O)C1=C(O)/C(=C\c2ccc(Cl)cc2)SC1=Nc1ccc(C)cc1. The van der Waals surface area contributed by atoms with Crippen LogP contribution in [0.1, 0.15) is 18.1 Å². The van der Waals surface area contributed by atoms with Crippen molar-refractivity contribution in [1.82, 2.24) is 0 Å². The van der Waals surface area contributed by atoms with Gasteiger partial charge in [0.15, 0.2) is 0 Å². The van der Waals surface area contributed by atoms with Crippen molar-refractivity contribution in [2.24, 2.45) is 4.99 Å². The monoisotopic (exact) mass is 399 g/mol. The van der Waals surface area contributed by atoms with E-state index in [1.165, 1.54) is 11.8 Å². The summed E-state index contributed by atoms with van der Waals surface area (Å²) in [6, 6.07) is 14.8. The second kappa shape index (κ2) is 8.46. The van der Waals surface area contributed by atoms with Crippen molar-refractivity contribution in [3.05, 3.63) is 80.9 Å². The number of aliphatic hydroxyl groups is 1. The Kier molecular flexibility index (Phi) is 6.04. The Labute approximate surface area is 167 Å². The Bertz CT molecular complexity index is 944. The van der Waals surface area contributed by atoms with E-state index >= 15 is 0 Å². The summed E-state index contributed by atoms with van der Waals surface area (Å²) in [5.74, 6) is -0.716. The fourth-order valence-electron chi connectivity index (χ4n) is 2.44. The maximum Gasteiger partial charge on any atom is 0.344 e. The number of carbonyl (C=O) groups is 1. The van der Waals surface area contributed by atoms with Crippen LogP contribution in [0.5, 0.6) is 0 Å². The fraction of sp³-hybridized carbons (Fsp3) is 0.143. The standard InChI is InChI=1S/C21H18ClNO3S/c1-3-26-21(25)18-19(24)17(12-14-6-8-15(22)9-7-14)27-20(18)23-16-10-4-13(2)5-11-16/h4-12,24H,3H2,1-2H3/b17-12+,23-20?. The Balaban J connectivity index is 2.02. The molecule has 0 atom stereocenters. The molecule has 6 heteroatoms. The van der Waals surface area contributed by atoms with Crippen LogP contribution in [0.25, 0.3) is 6.08 Å². The number of nitrogens with zero attached hydrogens (tertiary/aromatic N) is 1. The van der Waals surface area contributed by atoms with E-state index < -0.39 is 5.97 Å². The largest absolute Gasteiger partial charge is 0.506 e. The maximum atomic E-state index is 12.4. The first kappa shape index (κ1) is 19.3. The quantitative estimate of drug-likeness (QED) is 0.656. The van der Waals surface area contributed by atoms with E-state index in [2.05, 4.69) is 4.99 Å². The second-order valence-corrected chi connectivity index (χ2v) is 7.33. The summed E-state index contributed by atoms with van der Waals surface area (Å²) in [4.78, 5) is 17.4. The van der Waals surface area contributed by atoms with Crippen LogP contribution >= 0.6 is 23.4 Å². The first-order chi connectivity index (χ1) is 13.0. The Morgan fingerprint density at radius 1 is 1.19 bits per heavy atom. The maximum absolute atomic E-state index is 12.4. The van der Waals surface area contributed by atoms with Crippen LogP contribution in [0.2, 0.25) is 5.02 Å². The lowest BCUT2D eigenvalue weighted by Crippen LogP contribution is -2.12. The van der Waals surface area contributed by atoms with Gasteiger partial charge < -0.3 is 9.84 Å². The molecule has 4 nitrogen and oxygen atoms in total. The van der Waals surface area contributed by atoms with Gasteiger partial charge in [-0.05, 0) is 49.8 Å². The minimum absolute atomic E-state index is 0.0858. The zero-order valence-corrected chi connectivity index (χ0v) is 16.5. The van der Waals surface area contributed by atoms with Crippen molar-refractivity contribution in [3.8, 4) is 0 Å². The highest BCUT2D eigenvalue weighted by Gasteiger charge is 2.33. The number of ether oxygens (including phenoxy) is 1. The van der Waals surface area contributed by atoms with E-state index in [0.717, 1.165) is 11.1 Å². The molecule has 1 heterocycles. The van der Waals surface area contributed by atoms with Crippen LogP contribution < -0.4 is 0 Å². The van der Waals surface area contributed by atoms with E-state index in [1.54, 1.807) is 25.1 Å². The van der Waals surface area contributed by atoms with Crippen molar-refractivity contribution in [3.63, 3.8) is 0 Å². The summed E-state index contributed by atoms with van der Waals surface area (Å²) in [5.41, 5.74) is 2.76. The summed E-state index contributed by atoms with van der Waals surface area (Å²) in [7, 11) is 0. The first-order valence-corrected chi connectivity index (χ1v) is 9.59. The molecule has 138 valence electrons. The number of rotatable bonds is 4. The third-order valence-corrected chi connectivity index (χ3v) is 5.07. The zero-order chi connectivity index (χ0) is 19.4. The lowest BCUT2D eigenvalue weighted by atomic mass is 10.1. The normalized spacial score (nSPS) is 17.0. The number of hydrogen-bond donors (Lipinski definition) is 1. The minimum atomic E-state index is -0.590. The molecule has 0 saturated carbocycles. The predicted octanol–water partition coefficient (Wildman–Crippen LogP) is 5.84. The number of aryl methyl sites for hydroxylation is 1. The highest BCUT2D eigenvalue weighted by atomic mass is 35.5. The van der Waals surface area contributed by atoms with Gasteiger partial charge in [0.25, 0.3) is 0 Å². The molecule has 1 aliphatic rings. The molecule has 0 amide bonds. The molecule has 0 fully saturated rings. The lowest BCUT2D eigenvalue weighted by Gasteiger charge is -2.04. The second-order valence-electron chi connectivity index (χ2n) is 5.86. The highest BCUT2D eigenvalue weighted by molar-refractivity contribution is 8.18. The first-order valence-electron chi connectivity index (χ1n) is 8.39. The Morgan fingerprint density at radius 3 is 2.48 bits per heavy atom. The summed E-state index contributed by atoms with van der Waals surface area (Å²) >= 11 is 7.15. The van der Waals surface area contributed by atoms with Crippen LogP contribution in [0.4, 0.5) is 5.69 Å². The molecule has 0 aliphatic carbocycles. The Hall–Kier alpha value is -2.50. The average molecular weight is 400 g/mol. The molecule has 0 spiro atoms. The van der Waals surface area contributed by atoms with Gasteiger partial charge in [-0.3, -0.25) is 0 Å². The van der Waals surface area contributed by atoms with E-state index in [-0.39, 0.29) is 17.9 Å². The van der Waals surface area contributed by atoms with Crippen LogP contribution in [-0.4, -0.2) is 22.7 Å². The number of aliphatic hydroxyl groups excluding tert-OH is 1. The number of halogens is 1. The molecule has 3 rings (SSSR count). The van der Waals surface area contributed by atoms with Crippen molar-refractivity contribution >= 4 is 46.1 Å². The number of aliphatic imine (C=N–C) groups is 1. The fourth-order valence-corrected chi connectivity index (χ4v) is 3.60. The number of benzene rings is 2. The van der Waals surface area contributed by atoms with E-state index in [9.17, 15) is 9.90 Å². The lowest BCUT2D eigenvalue weighted by molar-refractivity contribution is -0.138. The van der Waals surface area contributed by atoms with E-state index in [4.69, 9.17) is 16.3 Å². The summed E-state index contributed by atoms with van der Waals surface area (Å²) in [6.07, 6.45) is 1.78. The van der Waals surface area contributed by atoms with Gasteiger partial charge in [0.2, 0.25) is 0 Å². The molecule has 2 aromatic carbocycles. The number of hydrogen-bond acceptors (Lipinski definition) is 5. The van der Waals surface area contributed by atoms with E-state index in [0.29, 0.717) is 20.7 Å². The minimum Gasteiger partial charge on any atom is -0.506 e. The van der Waals surface area contributed by atoms with Gasteiger partial charge in [-0.25, -0.2) is 9.79 Å².